The van der Waals surface area contributed by atoms with Crippen molar-refractivity contribution in [1.29, 1.82) is 0 Å². The van der Waals surface area contributed by atoms with Gasteiger partial charge >= 0.3 is 0 Å². The van der Waals surface area contributed by atoms with E-state index in [1.165, 1.54) is 4.80 Å². The smallest absolute Gasteiger partial charge is 0.188 e. The van der Waals surface area contributed by atoms with Gasteiger partial charge in [-0.15, -0.1) is 10.2 Å². The molecule has 0 radical (unpaired) electrons. The van der Waals surface area contributed by atoms with Gasteiger partial charge in [0, 0.05) is 5.56 Å². The van der Waals surface area contributed by atoms with Gasteiger partial charge in [0.2, 0.25) is 0 Å². The first-order valence-electron chi connectivity index (χ1n) is 5.89. The van der Waals surface area contributed by atoms with Crippen LogP contribution in [0.15, 0.2) is 18.2 Å². The van der Waals surface area contributed by atoms with E-state index < -0.39 is 0 Å². The number of nitrogens with zero attached hydrogens (tertiary/aromatic N) is 4. The zero-order chi connectivity index (χ0) is 13.7. The Morgan fingerprint density at radius 3 is 2.79 bits per heavy atom. The Morgan fingerprint density at radius 2 is 2.11 bits per heavy atom. The highest BCUT2D eigenvalue weighted by Gasteiger charge is 2.08. The SMILES string of the molecule is CNCc1nnn(Cc2cc(OC)ccc2OC)n1. The summed E-state index contributed by atoms with van der Waals surface area (Å²) in [6.45, 7) is 1.08. The summed E-state index contributed by atoms with van der Waals surface area (Å²) in [6, 6.07) is 5.61. The topological polar surface area (TPSA) is 74.1 Å². The summed E-state index contributed by atoms with van der Waals surface area (Å²) in [5, 5.41) is 15.2. The third-order valence-corrected chi connectivity index (χ3v) is 2.63. The summed E-state index contributed by atoms with van der Waals surface area (Å²) in [5.74, 6) is 2.20. The van der Waals surface area contributed by atoms with Crippen LogP contribution in [0, 0.1) is 0 Å². The molecule has 0 spiro atoms. The van der Waals surface area contributed by atoms with Crippen LogP contribution in [0.4, 0.5) is 0 Å². The van der Waals surface area contributed by atoms with E-state index in [1.54, 1.807) is 14.2 Å². The summed E-state index contributed by atoms with van der Waals surface area (Å²) in [5.41, 5.74) is 0.940. The Kier molecular flexibility index (Phi) is 4.30. The van der Waals surface area contributed by atoms with Crippen molar-refractivity contribution >= 4 is 0 Å². The Labute approximate surface area is 111 Å². The molecule has 7 heteroatoms. The number of ether oxygens (including phenoxy) is 2. The minimum atomic E-state index is 0.483. The van der Waals surface area contributed by atoms with Crippen molar-refractivity contribution in [2.45, 2.75) is 13.1 Å². The Bertz CT molecular complexity index is 541. The van der Waals surface area contributed by atoms with Crippen LogP contribution in [0.2, 0.25) is 0 Å². The molecule has 0 fully saturated rings. The van der Waals surface area contributed by atoms with Gasteiger partial charge in [0.25, 0.3) is 0 Å². The first kappa shape index (κ1) is 13.3. The molecule has 1 aromatic heterocycles. The van der Waals surface area contributed by atoms with Crippen molar-refractivity contribution in [3.05, 3.63) is 29.6 Å². The fourth-order valence-corrected chi connectivity index (χ4v) is 1.73. The number of hydrogen-bond donors (Lipinski definition) is 1. The van der Waals surface area contributed by atoms with Crippen LogP contribution in [-0.4, -0.2) is 41.5 Å². The maximum atomic E-state index is 5.31. The molecule has 0 unspecified atom stereocenters. The molecular formula is C12H17N5O2. The molecule has 0 aliphatic rings. The van der Waals surface area contributed by atoms with Crippen LogP contribution in [0.25, 0.3) is 0 Å². The van der Waals surface area contributed by atoms with Gasteiger partial charge in [0.1, 0.15) is 11.5 Å². The molecule has 0 saturated heterocycles. The average molecular weight is 263 g/mol. The number of methoxy groups -OCH3 is 2. The van der Waals surface area contributed by atoms with E-state index >= 15 is 0 Å². The van der Waals surface area contributed by atoms with Crippen molar-refractivity contribution < 1.29 is 9.47 Å². The number of hydrogen-bond acceptors (Lipinski definition) is 6. The van der Waals surface area contributed by atoms with Crippen molar-refractivity contribution in [3.63, 3.8) is 0 Å². The van der Waals surface area contributed by atoms with E-state index in [0.29, 0.717) is 18.9 Å². The van der Waals surface area contributed by atoms with Crippen molar-refractivity contribution in [2.75, 3.05) is 21.3 Å². The second-order valence-corrected chi connectivity index (χ2v) is 3.94. The fourth-order valence-electron chi connectivity index (χ4n) is 1.73. The lowest BCUT2D eigenvalue weighted by Gasteiger charge is -2.09. The van der Waals surface area contributed by atoms with E-state index in [4.69, 9.17) is 9.47 Å². The van der Waals surface area contributed by atoms with E-state index in [0.717, 1.165) is 17.1 Å². The molecule has 7 nitrogen and oxygen atoms in total. The minimum Gasteiger partial charge on any atom is -0.497 e. The van der Waals surface area contributed by atoms with Gasteiger partial charge < -0.3 is 14.8 Å². The van der Waals surface area contributed by atoms with Gasteiger partial charge in [-0.2, -0.15) is 4.80 Å². The first-order chi connectivity index (χ1) is 9.26. The first-order valence-corrected chi connectivity index (χ1v) is 5.89. The lowest BCUT2D eigenvalue weighted by Crippen LogP contribution is -2.09. The van der Waals surface area contributed by atoms with Gasteiger partial charge in [0.15, 0.2) is 5.82 Å². The van der Waals surface area contributed by atoms with Gasteiger partial charge in [-0.25, -0.2) is 0 Å². The predicted octanol–water partition coefficient (Wildman–Crippen LogP) is 0.458. The van der Waals surface area contributed by atoms with Crippen molar-refractivity contribution in [1.82, 2.24) is 25.5 Å². The summed E-state index contributed by atoms with van der Waals surface area (Å²) >= 11 is 0. The molecule has 0 amide bonds. The summed E-state index contributed by atoms with van der Waals surface area (Å²) in [6.07, 6.45) is 0. The fraction of sp³-hybridized carbons (Fsp3) is 0.417. The highest BCUT2D eigenvalue weighted by molar-refractivity contribution is 5.40. The number of nitrogens with one attached hydrogen (secondary N) is 1. The lowest BCUT2D eigenvalue weighted by atomic mass is 10.2. The van der Waals surface area contributed by atoms with Crippen LogP contribution in [0.3, 0.4) is 0 Å². The van der Waals surface area contributed by atoms with Crippen LogP contribution in [0.5, 0.6) is 11.5 Å². The molecule has 102 valence electrons. The highest BCUT2D eigenvalue weighted by atomic mass is 16.5. The normalized spacial score (nSPS) is 10.5. The van der Waals surface area contributed by atoms with E-state index in [9.17, 15) is 0 Å². The van der Waals surface area contributed by atoms with Gasteiger partial charge in [-0.05, 0) is 30.5 Å². The zero-order valence-electron chi connectivity index (χ0n) is 11.3. The molecule has 2 aromatic rings. The largest absolute Gasteiger partial charge is 0.497 e. The third-order valence-electron chi connectivity index (χ3n) is 2.63. The maximum absolute atomic E-state index is 5.31. The van der Waals surface area contributed by atoms with Crippen LogP contribution in [-0.2, 0) is 13.1 Å². The monoisotopic (exact) mass is 263 g/mol. The molecule has 0 aliphatic heterocycles. The maximum Gasteiger partial charge on any atom is 0.188 e. The van der Waals surface area contributed by atoms with Gasteiger partial charge in [-0.1, -0.05) is 0 Å². The van der Waals surface area contributed by atoms with E-state index in [2.05, 4.69) is 20.7 Å². The second-order valence-electron chi connectivity index (χ2n) is 3.94. The zero-order valence-corrected chi connectivity index (χ0v) is 11.3. The quantitative estimate of drug-likeness (QED) is 0.816. The molecule has 1 aromatic carbocycles. The van der Waals surface area contributed by atoms with E-state index in [-0.39, 0.29) is 0 Å². The van der Waals surface area contributed by atoms with Gasteiger partial charge in [0.05, 0.1) is 27.3 Å². The summed E-state index contributed by atoms with van der Waals surface area (Å²) in [7, 11) is 5.10. The average Bonchev–Trinajstić information content (AvgIpc) is 2.86. The van der Waals surface area contributed by atoms with Crippen LogP contribution < -0.4 is 14.8 Å². The number of benzene rings is 1. The van der Waals surface area contributed by atoms with Gasteiger partial charge in [-0.3, -0.25) is 0 Å². The molecule has 2 rings (SSSR count). The predicted molar refractivity (Wildman–Crippen MR) is 69.2 cm³/mol. The molecule has 1 N–H and O–H groups in total. The Hall–Kier alpha value is -2.15. The van der Waals surface area contributed by atoms with Crippen LogP contribution >= 0.6 is 0 Å². The molecule has 0 saturated carbocycles. The molecule has 19 heavy (non-hydrogen) atoms. The summed E-state index contributed by atoms with van der Waals surface area (Å²) < 4.78 is 10.5. The number of aromatic nitrogens is 4. The van der Waals surface area contributed by atoms with Crippen molar-refractivity contribution in [3.8, 4) is 11.5 Å². The molecular weight excluding hydrogens is 246 g/mol. The van der Waals surface area contributed by atoms with Crippen LogP contribution in [0.1, 0.15) is 11.4 Å². The van der Waals surface area contributed by atoms with Crippen molar-refractivity contribution in [2.24, 2.45) is 0 Å². The summed E-state index contributed by atoms with van der Waals surface area (Å²) in [4.78, 5) is 1.53. The standard InChI is InChI=1S/C12H17N5O2/c1-13-7-12-14-16-17(15-12)8-9-6-10(18-2)4-5-11(9)19-3/h4-6,13H,7-8H2,1-3H3. The molecule has 0 atom stereocenters. The van der Waals surface area contributed by atoms with E-state index in [1.807, 2.05) is 25.2 Å². The highest BCUT2D eigenvalue weighted by Crippen LogP contribution is 2.24. The third kappa shape index (κ3) is 3.19. The lowest BCUT2D eigenvalue weighted by molar-refractivity contribution is 0.395. The minimum absolute atomic E-state index is 0.483. The number of tetrazole rings is 1. The Balaban J connectivity index is 2.20. The molecule has 0 bridgehead atoms. The Morgan fingerprint density at radius 1 is 1.26 bits per heavy atom. The molecule has 1 heterocycles. The molecule has 0 aliphatic carbocycles. The number of rotatable bonds is 6. The second kappa shape index (κ2) is 6.14.